The van der Waals surface area contributed by atoms with Crippen LogP contribution in [0.4, 0.5) is 0 Å². The number of carboxylic acids is 2. The van der Waals surface area contributed by atoms with E-state index in [0.29, 0.717) is 11.0 Å². The molecule has 0 aliphatic heterocycles. The second-order valence-corrected chi connectivity index (χ2v) is 7.43. The normalized spacial score (nSPS) is 10.5. The van der Waals surface area contributed by atoms with E-state index in [4.69, 9.17) is 10.2 Å². The first-order valence-electron chi connectivity index (χ1n) is 10.3. The fourth-order valence-electron chi connectivity index (χ4n) is 3.69. The van der Waals surface area contributed by atoms with Gasteiger partial charge in [-0.05, 0) is 24.3 Å². The summed E-state index contributed by atoms with van der Waals surface area (Å²) >= 11 is 0. The van der Waals surface area contributed by atoms with Gasteiger partial charge in [0.1, 0.15) is 11.4 Å². The van der Waals surface area contributed by atoms with Gasteiger partial charge in [0.2, 0.25) is 0 Å². The monoisotopic (exact) mass is 511 g/mol. The largest absolute Gasteiger partial charge is 0.477 e. The van der Waals surface area contributed by atoms with Gasteiger partial charge >= 0.3 is 11.9 Å². The van der Waals surface area contributed by atoms with Crippen molar-refractivity contribution in [2.24, 2.45) is 0 Å². The van der Waals surface area contributed by atoms with Crippen molar-refractivity contribution < 1.29 is 36.9 Å². The molecule has 9 heteroatoms. The molecule has 2 aromatic carbocycles. The summed E-state index contributed by atoms with van der Waals surface area (Å²) < 4.78 is 0. The minimum absolute atomic E-state index is 0. The topological polar surface area (TPSA) is 126 Å². The summed E-state index contributed by atoms with van der Waals surface area (Å²) in [6.07, 6.45) is 3.35. The zero-order chi connectivity index (χ0) is 23.7. The molecule has 4 aromatic heterocycles. The molecule has 0 aliphatic carbocycles. The molecule has 4 heterocycles. The van der Waals surface area contributed by atoms with E-state index in [1.54, 1.807) is 24.5 Å². The van der Waals surface area contributed by atoms with Crippen LogP contribution in [0.5, 0.6) is 0 Å². The second-order valence-electron chi connectivity index (χ2n) is 7.43. The molecule has 8 nitrogen and oxygen atoms in total. The SMILES string of the molecule is O=C(O)c1ccc2ccc3cccnc3c2n1.O=C(O)c1ccc2ccc3cccnc3c2n1.[Cu]. The van der Waals surface area contributed by atoms with E-state index >= 15 is 0 Å². The average molecular weight is 512 g/mol. The minimum atomic E-state index is -1.03. The first kappa shape index (κ1) is 23.7. The van der Waals surface area contributed by atoms with Crippen molar-refractivity contribution >= 4 is 55.6 Å². The van der Waals surface area contributed by atoms with Crippen molar-refractivity contribution in [1.29, 1.82) is 0 Å². The smallest absolute Gasteiger partial charge is 0.354 e. The molecule has 0 atom stereocenters. The van der Waals surface area contributed by atoms with Crippen LogP contribution in [0.2, 0.25) is 0 Å². The van der Waals surface area contributed by atoms with Crippen molar-refractivity contribution in [1.82, 2.24) is 19.9 Å². The van der Waals surface area contributed by atoms with Crippen LogP contribution in [0.1, 0.15) is 21.0 Å². The van der Waals surface area contributed by atoms with Crippen LogP contribution in [-0.2, 0) is 17.1 Å². The summed E-state index contributed by atoms with van der Waals surface area (Å²) in [4.78, 5) is 38.6. The van der Waals surface area contributed by atoms with Gasteiger partial charge in [0.25, 0.3) is 0 Å². The van der Waals surface area contributed by atoms with Gasteiger partial charge in [-0.25, -0.2) is 19.6 Å². The Morgan fingerprint density at radius 3 is 1.23 bits per heavy atom. The number of aromatic carboxylic acids is 2. The van der Waals surface area contributed by atoms with Gasteiger partial charge in [0.05, 0.1) is 22.1 Å². The van der Waals surface area contributed by atoms with Crippen molar-refractivity contribution in [2.45, 2.75) is 0 Å². The fraction of sp³-hybridized carbons (Fsp3) is 0. The maximum atomic E-state index is 10.9. The molecule has 0 saturated heterocycles. The Bertz CT molecular complexity index is 1610. The zero-order valence-corrected chi connectivity index (χ0v) is 18.8. The van der Waals surface area contributed by atoms with E-state index in [2.05, 4.69) is 19.9 Å². The second kappa shape index (κ2) is 9.80. The Balaban J connectivity index is 0.000000160. The molecule has 35 heavy (non-hydrogen) atoms. The maximum absolute atomic E-state index is 10.9. The quantitative estimate of drug-likeness (QED) is 0.247. The summed E-state index contributed by atoms with van der Waals surface area (Å²) in [5.41, 5.74) is 2.79. The summed E-state index contributed by atoms with van der Waals surface area (Å²) in [6.45, 7) is 0. The zero-order valence-electron chi connectivity index (χ0n) is 17.9. The molecule has 0 bridgehead atoms. The molecule has 6 rings (SSSR count). The van der Waals surface area contributed by atoms with E-state index in [9.17, 15) is 9.59 Å². The van der Waals surface area contributed by atoms with Gasteiger partial charge in [0.15, 0.2) is 0 Å². The van der Waals surface area contributed by atoms with Crippen LogP contribution in [0.15, 0.2) is 85.2 Å². The number of hydrogen-bond acceptors (Lipinski definition) is 6. The molecule has 175 valence electrons. The predicted octanol–water partition coefficient (Wildman–Crippen LogP) is 4.96. The van der Waals surface area contributed by atoms with Crippen LogP contribution in [-0.4, -0.2) is 42.1 Å². The van der Waals surface area contributed by atoms with Gasteiger partial charge in [-0.15, -0.1) is 0 Å². The third-order valence-corrected chi connectivity index (χ3v) is 5.30. The number of hydrogen-bond donors (Lipinski definition) is 2. The molecular weight excluding hydrogens is 496 g/mol. The number of fused-ring (bicyclic) bond motifs is 6. The predicted molar refractivity (Wildman–Crippen MR) is 128 cm³/mol. The summed E-state index contributed by atoms with van der Waals surface area (Å²) in [5, 5.41) is 21.6. The molecule has 0 fully saturated rings. The first-order valence-corrected chi connectivity index (χ1v) is 10.3. The standard InChI is InChI=1S/2C13H8N2O2.Cu/c2*16-13(17)10-6-5-9-4-3-8-2-1-7-14-11(8)12(9)15-10;/h2*1-7H,(H,16,17);. The number of nitrogens with zero attached hydrogens (tertiary/aromatic N) is 4. The number of carboxylic acid groups (broad SMARTS) is 2. The Morgan fingerprint density at radius 1 is 0.514 bits per heavy atom. The van der Waals surface area contributed by atoms with Crippen LogP contribution in [0.3, 0.4) is 0 Å². The van der Waals surface area contributed by atoms with Crippen LogP contribution >= 0.6 is 0 Å². The molecule has 2 N–H and O–H groups in total. The molecule has 0 spiro atoms. The third-order valence-electron chi connectivity index (χ3n) is 5.30. The number of benzene rings is 2. The van der Waals surface area contributed by atoms with Crippen LogP contribution in [0, 0.1) is 0 Å². The van der Waals surface area contributed by atoms with Crippen LogP contribution in [0.25, 0.3) is 43.6 Å². The molecule has 6 aromatic rings. The summed E-state index contributed by atoms with van der Waals surface area (Å²) in [7, 11) is 0. The number of pyridine rings is 4. The van der Waals surface area contributed by atoms with Crippen LogP contribution < -0.4 is 0 Å². The summed E-state index contributed by atoms with van der Waals surface area (Å²) in [6, 6.07) is 21.8. The Morgan fingerprint density at radius 2 is 0.857 bits per heavy atom. The van der Waals surface area contributed by atoms with Crippen molar-refractivity contribution in [3.8, 4) is 0 Å². The molecular formula is C26H16CuN4O4. The first-order chi connectivity index (χ1) is 16.5. The van der Waals surface area contributed by atoms with E-state index in [1.807, 2.05) is 48.5 Å². The average Bonchev–Trinajstić information content (AvgIpc) is 2.88. The Kier molecular flexibility index (Phi) is 6.64. The van der Waals surface area contributed by atoms with Crippen molar-refractivity contribution in [3.05, 3.63) is 96.6 Å². The fourth-order valence-corrected chi connectivity index (χ4v) is 3.69. The van der Waals surface area contributed by atoms with E-state index < -0.39 is 11.9 Å². The molecule has 1 radical (unpaired) electrons. The number of rotatable bonds is 2. The maximum Gasteiger partial charge on any atom is 0.354 e. The van der Waals surface area contributed by atoms with Crippen molar-refractivity contribution in [2.75, 3.05) is 0 Å². The van der Waals surface area contributed by atoms with E-state index in [1.165, 1.54) is 12.1 Å². The van der Waals surface area contributed by atoms with Gasteiger partial charge in [-0.2, -0.15) is 0 Å². The Hall–Kier alpha value is -4.46. The van der Waals surface area contributed by atoms with E-state index in [-0.39, 0.29) is 28.5 Å². The number of carbonyl (C=O) groups is 2. The molecule has 0 aliphatic rings. The van der Waals surface area contributed by atoms with Crippen molar-refractivity contribution in [3.63, 3.8) is 0 Å². The van der Waals surface area contributed by atoms with Gasteiger partial charge in [0, 0.05) is 51.0 Å². The van der Waals surface area contributed by atoms with Gasteiger partial charge in [-0.3, -0.25) is 9.97 Å². The summed E-state index contributed by atoms with van der Waals surface area (Å²) in [5.74, 6) is -2.06. The van der Waals surface area contributed by atoms with Gasteiger partial charge < -0.3 is 10.2 Å². The minimum Gasteiger partial charge on any atom is -0.477 e. The van der Waals surface area contributed by atoms with Gasteiger partial charge in [-0.1, -0.05) is 48.5 Å². The third kappa shape index (κ3) is 4.63. The molecule has 0 saturated carbocycles. The van der Waals surface area contributed by atoms with E-state index in [0.717, 1.165) is 32.6 Å². The molecule has 0 unspecified atom stereocenters. The Labute approximate surface area is 208 Å². The number of aromatic nitrogens is 4. The molecule has 0 amide bonds.